The number of aryl methyl sites for hydroxylation is 1. The van der Waals surface area contributed by atoms with Crippen LogP contribution in [0.2, 0.25) is 0 Å². The van der Waals surface area contributed by atoms with E-state index in [1.807, 2.05) is 25.3 Å². The van der Waals surface area contributed by atoms with Gasteiger partial charge in [-0.2, -0.15) is 0 Å². The quantitative estimate of drug-likeness (QED) is 0.841. The van der Waals surface area contributed by atoms with E-state index in [0.29, 0.717) is 0 Å². The Morgan fingerprint density at radius 1 is 1.06 bits per heavy atom. The van der Waals surface area contributed by atoms with Gasteiger partial charge in [0, 0.05) is 12.2 Å². The molecule has 0 saturated carbocycles. The van der Waals surface area contributed by atoms with Gasteiger partial charge in [-0.05, 0) is 31.0 Å². The summed E-state index contributed by atoms with van der Waals surface area (Å²) >= 11 is 0. The van der Waals surface area contributed by atoms with E-state index < -0.39 is 0 Å². The Balaban J connectivity index is 2.08. The number of hydrogen-bond donors (Lipinski definition) is 1. The highest BCUT2D eigenvalue weighted by Crippen LogP contribution is 2.17. The number of rotatable bonds is 3. The van der Waals surface area contributed by atoms with Crippen LogP contribution in [0.25, 0.3) is 0 Å². The van der Waals surface area contributed by atoms with Gasteiger partial charge in [0.25, 0.3) is 0 Å². The Morgan fingerprint density at radius 2 is 1.81 bits per heavy atom. The molecule has 1 aromatic carbocycles. The summed E-state index contributed by atoms with van der Waals surface area (Å²) in [5.74, 6) is 0.918. The molecule has 1 atom stereocenters. The summed E-state index contributed by atoms with van der Waals surface area (Å²) < 4.78 is 0. The van der Waals surface area contributed by atoms with E-state index >= 15 is 0 Å². The summed E-state index contributed by atoms with van der Waals surface area (Å²) in [7, 11) is 0. The molecule has 2 nitrogen and oxygen atoms in total. The molecule has 82 valence electrons. The van der Waals surface area contributed by atoms with E-state index in [-0.39, 0.29) is 6.04 Å². The minimum atomic E-state index is 0.274. The first-order valence-corrected chi connectivity index (χ1v) is 5.50. The normalized spacial score (nSPS) is 12.1. The van der Waals surface area contributed by atoms with Crippen molar-refractivity contribution in [1.29, 1.82) is 0 Å². The predicted molar refractivity (Wildman–Crippen MR) is 67.5 cm³/mol. The Bertz CT molecular complexity index is 434. The second kappa shape index (κ2) is 4.79. The highest BCUT2D eigenvalue weighted by molar-refractivity contribution is 5.38. The third kappa shape index (κ3) is 2.60. The Kier molecular flexibility index (Phi) is 3.20. The van der Waals surface area contributed by atoms with E-state index in [0.717, 1.165) is 5.82 Å². The minimum absolute atomic E-state index is 0.274. The number of aromatic nitrogens is 1. The zero-order valence-electron chi connectivity index (χ0n) is 9.64. The summed E-state index contributed by atoms with van der Waals surface area (Å²) in [6.45, 7) is 4.17. The maximum atomic E-state index is 4.33. The zero-order valence-corrected chi connectivity index (χ0v) is 9.64. The standard InChI is InChI=1S/C14H16N2/c1-11-8-9-14(15-10-11)16-12(2)13-6-4-3-5-7-13/h3-10,12H,1-2H3,(H,15,16). The average molecular weight is 212 g/mol. The van der Waals surface area contributed by atoms with Gasteiger partial charge in [0.15, 0.2) is 0 Å². The maximum Gasteiger partial charge on any atom is 0.126 e. The first-order chi connectivity index (χ1) is 7.75. The van der Waals surface area contributed by atoms with Crippen molar-refractivity contribution in [2.75, 3.05) is 5.32 Å². The molecule has 0 radical (unpaired) electrons. The second-order valence-corrected chi connectivity index (χ2v) is 4.00. The lowest BCUT2D eigenvalue weighted by Crippen LogP contribution is -2.07. The molecule has 2 aromatic rings. The van der Waals surface area contributed by atoms with Crippen molar-refractivity contribution in [2.24, 2.45) is 0 Å². The molecule has 0 fully saturated rings. The predicted octanol–water partition coefficient (Wildman–Crippen LogP) is 3.56. The summed E-state index contributed by atoms with van der Waals surface area (Å²) in [6.07, 6.45) is 1.88. The van der Waals surface area contributed by atoms with Crippen LogP contribution in [0, 0.1) is 6.92 Å². The van der Waals surface area contributed by atoms with E-state index in [1.54, 1.807) is 0 Å². The lowest BCUT2D eigenvalue weighted by atomic mass is 10.1. The number of hydrogen-bond acceptors (Lipinski definition) is 2. The fourth-order valence-corrected chi connectivity index (χ4v) is 1.60. The molecule has 1 unspecified atom stereocenters. The largest absolute Gasteiger partial charge is 0.364 e. The molecule has 0 aliphatic heterocycles. The summed E-state index contributed by atoms with van der Waals surface area (Å²) in [4.78, 5) is 4.33. The summed E-state index contributed by atoms with van der Waals surface area (Å²) in [5, 5.41) is 3.37. The van der Waals surface area contributed by atoms with Crippen LogP contribution in [-0.2, 0) is 0 Å². The van der Waals surface area contributed by atoms with E-state index in [1.165, 1.54) is 11.1 Å². The number of nitrogens with one attached hydrogen (secondary N) is 1. The van der Waals surface area contributed by atoms with Crippen LogP contribution in [-0.4, -0.2) is 4.98 Å². The van der Waals surface area contributed by atoms with Crippen molar-refractivity contribution in [3.05, 3.63) is 59.8 Å². The van der Waals surface area contributed by atoms with Crippen molar-refractivity contribution in [2.45, 2.75) is 19.9 Å². The van der Waals surface area contributed by atoms with E-state index in [2.05, 4.69) is 47.6 Å². The van der Waals surface area contributed by atoms with Crippen molar-refractivity contribution in [3.8, 4) is 0 Å². The maximum absolute atomic E-state index is 4.33. The van der Waals surface area contributed by atoms with E-state index in [9.17, 15) is 0 Å². The van der Waals surface area contributed by atoms with Gasteiger partial charge in [0.05, 0.1) is 0 Å². The third-order valence-corrected chi connectivity index (χ3v) is 2.58. The Hall–Kier alpha value is -1.83. The zero-order chi connectivity index (χ0) is 11.4. The van der Waals surface area contributed by atoms with Gasteiger partial charge in [-0.1, -0.05) is 36.4 Å². The molecule has 1 heterocycles. The molecule has 0 aliphatic carbocycles. The molecule has 0 bridgehead atoms. The van der Waals surface area contributed by atoms with Crippen LogP contribution in [0.5, 0.6) is 0 Å². The van der Waals surface area contributed by atoms with Gasteiger partial charge in [0.2, 0.25) is 0 Å². The Labute approximate surface area is 96.4 Å². The molecule has 0 saturated heterocycles. The number of pyridine rings is 1. The van der Waals surface area contributed by atoms with Crippen LogP contribution < -0.4 is 5.32 Å². The molecule has 0 aliphatic rings. The van der Waals surface area contributed by atoms with Crippen molar-refractivity contribution in [3.63, 3.8) is 0 Å². The van der Waals surface area contributed by atoms with Crippen LogP contribution in [0.1, 0.15) is 24.1 Å². The topological polar surface area (TPSA) is 24.9 Å². The van der Waals surface area contributed by atoms with Crippen LogP contribution in [0.15, 0.2) is 48.7 Å². The lowest BCUT2D eigenvalue weighted by molar-refractivity contribution is 0.874. The first kappa shape index (κ1) is 10.7. The molecule has 2 rings (SSSR count). The fourth-order valence-electron chi connectivity index (χ4n) is 1.60. The van der Waals surface area contributed by atoms with Gasteiger partial charge in [-0.25, -0.2) is 4.98 Å². The average Bonchev–Trinajstić information content (AvgIpc) is 2.33. The third-order valence-electron chi connectivity index (χ3n) is 2.58. The highest BCUT2D eigenvalue weighted by atomic mass is 15.0. The smallest absolute Gasteiger partial charge is 0.126 e. The fraction of sp³-hybridized carbons (Fsp3) is 0.214. The summed E-state index contributed by atoms with van der Waals surface area (Å²) in [5.41, 5.74) is 2.45. The second-order valence-electron chi connectivity index (χ2n) is 4.00. The van der Waals surface area contributed by atoms with Gasteiger partial charge in [-0.3, -0.25) is 0 Å². The molecular weight excluding hydrogens is 196 g/mol. The van der Waals surface area contributed by atoms with Crippen LogP contribution in [0.4, 0.5) is 5.82 Å². The highest BCUT2D eigenvalue weighted by Gasteiger charge is 2.04. The summed E-state index contributed by atoms with van der Waals surface area (Å²) in [6, 6.07) is 14.7. The van der Waals surface area contributed by atoms with Gasteiger partial charge in [0.1, 0.15) is 5.82 Å². The molecule has 16 heavy (non-hydrogen) atoms. The molecule has 2 heteroatoms. The lowest BCUT2D eigenvalue weighted by Gasteiger charge is -2.14. The molecule has 1 N–H and O–H groups in total. The van der Waals surface area contributed by atoms with Crippen molar-refractivity contribution >= 4 is 5.82 Å². The molecule has 0 spiro atoms. The first-order valence-electron chi connectivity index (χ1n) is 5.50. The van der Waals surface area contributed by atoms with Crippen molar-refractivity contribution < 1.29 is 0 Å². The van der Waals surface area contributed by atoms with Gasteiger partial charge < -0.3 is 5.32 Å². The molecule has 0 amide bonds. The number of benzene rings is 1. The number of nitrogens with zero attached hydrogens (tertiary/aromatic N) is 1. The van der Waals surface area contributed by atoms with Gasteiger partial charge in [-0.15, -0.1) is 0 Å². The van der Waals surface area contributed by atoms with E-state index in [4.69, 9.17) is 0 Å². The minimum Gasteiger partial charge on any atom is -0.364 e. The Morgan fingerprint density at radius 3 is 2.44 bits per heavy atom. The monoisotopic (exact) mass is 212 g/mol. The van der Waals surface area contributed by atoms with Crippen LogP contribution in [0.3, 0.4) is 0 Å². The number of anilines is 1. The molecular formula is C14H16N2. The SMILES string of the molecule is Cc1ccc(NC(C)c2ccccc2)nc1. The van der Waals surface area contributed by atoms with Gasteiger partial charge >= 0.3 is 0 Å². The van der Waals surface area contributed by atoms with Crippen molar-refractivity contribution in [1.82, 2.24) is 4.98 Å². The van der Waals surface area contributed by atoms with Crippen LogP contribution >= 0.6 is 0 Å². The molecule has 1 aromatic heterocycles.